The first-order valence-electron chi connectivity index (χ1n) is 5.28. The maximum atomic E-state index is 5.25. The Hall–Kier alpha value is -2.23. The van der Waals surface area contributed by atoms with E-state index in [9.17, 15) is 0 Å². The summed E-state index contributed by atoms with van der Waals surface area (Å²) in [6, 6.07) is 9.64. The Labute approximate surface area is 100 Å². The van der Waals surface area contributed by atoms with Gasteiger partial charge in [0.2, 0.25) is 0 Å². The number of methoxy groups -OCH3 is 1. The predicted molar refractivity (Wildman–Crippen MR) is 66.3 cm³/mol. The maximum Gasteiger partial charge on any atom is 0.123 e. The molecule has 4 heteroatoms. The molecule has 1 aromatic carbocycles. The van der Waals surface area contributed by atoms with Gasteiger partial charge < -0.3 is 4.74 Å². The van der Waals surface area contributed by atoms with E-state index in [2.05, 4.69) is 15.0 Å². The lowest BCUT2D eigenvalue weighted by Crippen LogP contribution is -1.92. The number of aliphatic imine (C=N–C) groups is 1. The van der Waals surface area contributed by atoms with Crippen LogP contribution in [-0.2, 0) is 6.54 Å². The molecule has 0 bridgehead atoms. The standard InChI is InChI=1S/C13H13N3O/c1-17-13-5-3-2-4-11(13)8-15-9-12-6-7-14-10-16-12/h2-7,9-10H,8H2,1H3/b15-9-. The van der Waals surface area contributed by atoms with Crippen molar-refractivity contribution in [3.8, 4) is 5.75 Å². The first-order valence-corrected chi connectivity index (χ1v) is 5.28. The number of aromatic nitrogens is 2. The smallest absolute Gasteiger partial charge is 0.123 e. The monoisotopic (exact) mass is 227 g/mol. The third kappa shape index (κ3) is 3.11. The van der Waals surface area contributed by atoms with E-state index in [1.54, 1.807) is 19.5 Å². The maximum absolute atomic E-state index is 5.25. The lowest BCUT2D eigenvalue weighted by molar-refractivity contribution is 0.410. The van der Waals surface area contributed by atoms with Gasteiger partial charge in [-0.1, -0.05) is 18.2 Å². The second-order valence-corrected chi connectivity index (χ2v) is 3.42. The summed E-state index contributed by atoms with van der Waals surface area (Å²) in [7, 11) is 1.66. The molecule has 86 valence electrons. The molecular weight excluding hydrogens is 214 g/mol. The first-order chi connectivity index (χ1) is 8.40. The van der Waals surface area contributed by atoms with Crippen LogP contribution in [0.3, 0.4) is 0 Å². The number of hydrogen-bond donors (Lipinski definition) is 0. The molecule has 0 spiro atoms. The summed E-state index contributed by atoms with van der Waals surface area (Å²) >= 11 is 0. The van der Waals surface area contributed by atoms with E-state index in [0.717, 1.165) is 17.0 Å². The molecule has 2 rings (SSSR count). The molecule has 2 aromatic rings. The molecule has 0 saturated carbocycles. The number of nitrogens with zero attached hydrogens (tertiary/aromatic N) is 3. The minimum Gasteiger partial charge on any atom is -0.496 e. The summed E-state index contributed by atoms with van der Waals surface area (Å²) < 4.78 is 5.25. The molecule has 0 aliphatic carbocycles. The summed E-state index contributed by atoms with van der Waals surface area (Å²) in [4.78, 5) is 12.2. The Bertz CT molecular complexity index is 497. The van der Waals surface area contributed by atoms with Crippen LogP contribution in [0.5, 0.6) is 5.75 Å². The van der Waals surface area contributed by atoms with Crippen molar-refractivity contribution in [1.82, 2.24) is 9.97 Å². The molecule has 0 saturated heterocycles. The second-order valence-electron chi connectivity index (χ2n) is 3.42. The Kier molecular flexibility index (Phi) is 3.81. The summed E-state index contributed by atoms with van der Waals surface area (Å²) in [5.74, 6) is 0.854. The van der Waals surface area contributed by atoms with E-state index < -0.39 is 0 Å². The van der Waals surface area contributed by atoms with Gasteiger partial charge in [-0.15, -0.1) is 0 Å². The van der Waals surface area contributed by atoms with Crippen molar-refractivity contribution in [3.63, 3.8) is 0 Å². The molecular formula is C13H13N3O. The van der Waals surface area contributed by atoms with Gasteiger partial charge in [0.1, 0.15) is 12.1 Å². The Morgan fingerprint density at radius 3 is 2.94 bits per heavy atom. The van der Waals surface area contributed by atoms with E-state index in [1.807, 2.05) is 30.3 Å². The molecule has 0 unspecified atom stereocenters. The van der Waals surface area contributed by atoms with Crippen LogP contribution in [0.1, 0.15) is 11.3 Å². The van der Waals surface area contributed by atoms with Crippen LogP contribution in [0.2, 0.25) is 0 Å². The van der Waals surface area contributed by atoms with E-state index in [4.69, 9.17) is 4.74 Å². The molecule has 0 radical (unpaired) electrons. The number of hydrogen-bond acceptors (Lipinski definition) is 4. The molecule has 0 aliphatic heterocycles. The van der Waals surface area contributed by atoms with Crippen LogP contribution >= 0.6 is 0 Å². The minimum absolute atomic E-state index is 0.577. The zero-order valence-corrected chi connectivity index (χ0v) is 9.58. The Balaban J connectivity index is 2.05. The van der Waals surface area contributed by atoms with E-state index >= 15 is 0 Å². The number of rotatable bonds is 4. The molecule has 0 aliphatic rings. The summed E-state index contributed by atoms with van der Waals surface area (Å²) in [5.41, 5.74) is 1.86. The highest BCUT2D eigenvalue weighted by Gasteiger charge is 1.98. The third-order valence-corrected chi connectivity index (χ3v) is 2.28. The molecule has 4 nitrogen and oxygen atoms in total. The second kappa shape index (κ2) is 5.75. The summed E-state index contributed by atoms with van der Waals surface area (Å²) in [6.07, 6.45) is 4.93. The molecule has 17 heavy (non-hydrogen) atoms. The fraction of sp³-hybridized carbons (Fsp3) is 0.154. The highest BCUT2D eigenvalue weighted by atomic mass is 16.5. The fourth-order valence-electron chi connectivity index (χ4n) is 1.45. The highest BCUT2D eigenvalue weighted by molar-refractivity contribution is 5.76. The van der Waals surface area contributed by atoms with Crippen molar-refractivity contribution in [1.29, 1.82) is 0 Å². The van der Waals surface area contributed by atoms with E-state index in [1.165, 1.54) is 6.33 Å². The van der Waals surface area contributed by atoms with Gasteiger partial charge in [-0.3, -0.25) is 4.99 Å². The Morgan fingerprint density at radius 2 is 2.18 bits per heavy atom. The topological polar surface area (TPSA) is 47.4 Å². The third-order valence-electron chi connectivity index (χ3n) is 2.28. The molecule has 0 N–H and O–H groups in total. The zero-order chi connectivity index (χ0) is 11.9. The van der Waals surface area contributed by atoms with Gasteiger partial charge in [-0.25, -0.2) is 9.97 Å². The van der Waals surface area contributed by atoms with Gasteiger partial charge in [0.15, 0.2) is 0 Å². The number of para-hydroxylation sites is 1. The molecule has 1 aromatic heterocycles. The average molecular weight is 227 g/mol. The van der Waals surface area contributed by atoms with Crippen LogP contribution in [0, 0.1) is 0 Å². The van der Waals surface area contributed by atoms with Gasteiger partial charge in [0.05, 0.1) is 19.3 Å². The van der Waals surface area contributed by atoms with Crippen LogP contribution < -0.4 is 4.74 Å². The van der Waals surface area contributed by atoms with Crippen LogP contribution in [0.25, 0.3) is 0 Å². The Morgan fingerprint density at radius 1 is 1.29 bits per heavy atom. The minimum atomic E-state index is 0.577. The molecule has 0 amide bonds. The van der Waals surface area contributed by atoms with Crippen molar-refractivity contribution in [2.24, 2.45) is 4.99 Å². The highest BCUT2D eigenvalue weighted by Crippen LogP contribution is 2.17. The normalized spacial score (nSPS) is 10.6. The van der Waals surface area contributed by atoms with Crippen LogP contribution in [0.15, 0.2) is 47.8 Å². The van der Waals surface area contributed by atoms with Gasteiger partial charge >= 0.3 is 0 Å². The summed E-state index contributed by atoms with van der Waals surface area (Å²) in [5, 5.41) is 0. The van der Waals surface area contributed by atoms with Crippen molar-refractivity contribution in [2.45, 2.75) is 6.54 Å². The number of benzene rings is 1. The largest absolute Gasteiger partial charge is 0.496 e. The van der Waals surface area contributed by atoms with Crippen molar-refractivity contribution in [2.75, 3.05) is 7.11 Å². The van der Waals surface area contributed by atoms with Gasteiger partial charge in [-0.2, -0.15) is 0 Å². The lowest BCUT2D eigenvalue weighted by Gasteiger charge is -2.04. The van der Waals surface area contributed by atoms with Crippen molar-refractivity contribution in [3.05, 3.63) is 54.1 Å². The van der Waals surface area contributed by atoms with Crippen LogP contribution in [0.4, 0.5) is 0 Å². The quantitative estimate of drug-likeness (QED) is 0.751. The molecule has 0 fully saturated rings. The average Bonchev–Trinajstić information content (AvgIpc) is 2.40. The zero-order valence-electron chi connectivity index (χ0n) is 9.58. The molecule has 0 atom stereocenters. The van der Waals surface area contributed by atoms with E-state index in [-0.39, 0.29) is 0 Å². The van der Waals surface area contributed by atoms with E-state index in [0.29, 0.717) is 6.54 Å². The molecule has 1 heterocycles. The van der Waals surface area contributed by atoms with Crippen molar-refractivity contribution >= 4 is 6.21 Å². The lowest BCUT2D eigenvalue weighted by atomic mass is 10.2. The predicted octanol–water partition coefficient (Wildman–Crippen LogP) is 2.10. The number of ether oxygens (including phenoxy) is 1. The van der Waals surface area contributed by atoms with Crippen LogP contribution in [-0.4, -0.2) is 23.3 Å². The van der Waals surface area contributed by atoms with Gasteiger partial charge in [-0.05, 0) is 12.1 Å². The SMILES string of the molecule is COc1ccccc1C/N=C\c1ccncn1. The first kappa shape index (κ1) is 11.3. The van der Waals surface area contributed by atoms with Crippen molar-refractivity contribution < 1.29 is 4.74 Å². The van der Waals surface area contributed by atoms with Gasteiger partial charge in [0, 0.05) is 18.0 Å². The summed E-state index contributed by atoms with van der Waals surface area (Å²) in [6.45, 7) is 0.577. The van der Waals surface area contributed by atoms with Gasteiger partial charge in [0.25, 0.3) is 0 Å². The fourth-order valence-corrected chi connectivity index (χ4v) is 1.45.